The summed E-state index contributed by atoms with van der Waals surface area (Å²) in [6, 6.07) is 5.84. The molecular formula is C21H35N3O3. The van der Waals surface area contributed by atoms with Crippen molar-refractivity contribution in [3.05, 3.63) is 23.8 Å². The van der Waals surface area contributed by atoms with Gasteiger partial charge in [0.15, 0.2) is 11.5 Å². The van der Waals surface area contributed by atoms with Crippen molar-refractivity contribution in [1.29, 1.82) is 0 Å². The number of hydrogen-bond acceptors (Lipinski definition) is 5. The SMILES string of the molecule is CCN(C(C)Cc1ccc2c(c1)OCO2)C(NC(=O)[C@@H](N)C(C)C)C(C)C. The highest BCUT2D eigenvalue weighted by molar-refractivity contribution is 5.82. The number of amides is 1. The highest BCUT2D eigenvalue weighted by Gasteiger charge is 2.29. The quantitative estimate of drug-likeness (QED) is 0.647. The first-order valence-electron chi connectivity index (χ1n) is 9.94. The minimum absolute atomic E-state index is 0.0590. The molecule has 0 aromatic heterocycles. The van der Waals surface area contributed by atoms with Crippen LogP contribution in [0.15, 0.2) is 18.2 Å². The number of nitrogens with zero attached hydrogens (tertiary/aromatic N) is 1. The van der Waals surface area contributed by atoms with Crippen LogP contribution in [0.4, 0.5) is 0 Å². The van der Waals surface area contributed by atoms with Gasteiger partial charge in [0, 0.05) is 6.04 Å². The third-order valence-electron chi connectivity index (χ3n) is 5.20. The molecule has 0 aliphatic carbocycles. The van der Waals surface area contributed by atoms with Gasteiger partial charge in [-0.3, -0.25) is 9.69 Å². The molecule has 6 heteroatoms. The minimum atomic E-state index is -0.492. The van der Waals surface area contributed by atoms with Crippen molar-refractivity contribution < 1.29 is 14.3 Å². The van der Waals surface area contributed by atoms with Gasteiger partial charge in [-0.15, -0.1) is 0 Å². The van der Waals surface area contributed by atoms with Crippen LogP contribution in [0.5, 0.6) is 11.5 Å². The molecule has 1 aliphatic rings. The third-order valence-corrected chi connectivity index (χ3v) is 5.20. The number of carbonyl (C=O) groups excluding carboxylic acids is 1. The summed E-state index contributed by atoms with van der Waals surface area (Å²) < 4.78 is 10.9. The van der Waals surface area contributed by atoms with E-state index in [0.717, 1.165) is 24.5 Å². The molecule has 0 radical (unpaired) electrons. The number of hydrogen-bond donors (Lipinski definition) is 2. The minimum Gasteiger partial charge on any atom is -0.454 e. The van der Waals surface area contributed by atoms with Gasteiger partial charge in [-0.25, -0.2) is 0 Å². The molecule has 0 saturated carbocycles. The Kier molecular flexibility index (Phi) is 7.50. The molecule has 1 heterocycles. The molecule has 1 aromatic carbocycles. The van der Waals surface area contributed by atoms with Crippen LogP contribution < -0.4 is 20.5 Å². The monoisotopic (exact) mass is 377 g/mol. The summed E-state index contributed by atoms with van der Waals surface area (Å²) in [6.45, 7) is 13.6. The first kappa shape index (κ1) is 21.5. The van der Waals surface area contributed by atoms with Crippen LogP contribution in [0.25, 0.3) is 0 Å². The molecule has 152 valence electrons. The van der Waals surface area contributed by atoms with Gasteiger partial charge in [-0.1, -0.05) is 40.7 Å². The maximum atomic E-state index is 12.5. The van der Waals surface area contributed by atoms with Crippen LogP contribution in [-0.4, -0.2) is 42.4 Å². The lowest BCUT2D eigenvalue weighted by atomic mass is 10.0. The van der Waals surface area contributed by atoms with Gasteiger partial charge >= 0.3 is 0 Å². The molecule has 0 bridgehead atoms. The standard InChI is InChI=1S/C21H35N3O3/c1-7-24(20(14(4)5)23-21(25)19(22)13(2)3)15(6)10-16-8-9-17-18(11-16)27-12-26-17/h8-9,11,13-15,19-20H,7,10,12,22H2,1-6H3,(H,23,25)/t15?,19-,20?/m0/s1. The third kappa shape index (κ3) is 5.36. The summed E-state index contributed by atoms with van der Waals surface area (Å²) in [5.74, 6) is 1.90. The fourth-order valence-electron chi connectivity index (χ4n) is 3.49. The van der Waals surface area contributed by atoms with E-state index in [-0.39, 0.29) is 36.7 Å². The first-order valence-corrected chi connectivity index (χ1v) is 9.94. The highest BCUT2D eigenvalue weighted by Crippen LogP contribution is 2.33. The van der Waals surface area contributed by atoms with Crippen molar-refractivity contribution in [2.24, 2.45) is 17.6 Å². The molecule has 0 spiro atoms. The number of benzene rings is 1. The van der Waals surface area contributed by atoms with Crippen molar-refractivity contribution in [1.82, 2.24) is 10.2 Å². The summed E-state index contributed by atoms with van der Waals surface area (Å²) in [7, 11) is 0. The van der Waals surface area contributed by atoms with Crippen molar-refractivity contribution in [3.63, 3.8) is 0 Å². The second-order valence-corrected chi connectivity index (χ2v) is 8.04. The van der Waals surface area contributed by atoms with E-state index in [4.69, 9.17) is 15.2 Å². The number of carbonyl (C=O) groups is 1. The normalized spacial score (nSPS) is 16.7. The van der Waals surface area contributed by atoms with E-state index in [1.165, 1.54) is 5.56 Å². The number of likely N-dealkylation sites (N-methyl/N-ethyl adjacent to an activating group) is 1. The van der Waals surface area contributed by atoms with Gasteiger partial charge < -0.3 is 20.5 Å². The lowest BCUT2D eigenvalue weighted by Gasteiger charge is -2.39. The molecule has 1 amide bonds. The average molecular weight is 378 g/mol. The number of nitrogens with one attached hydrogen (secondary N) is 1. The number of nitrogens with two attached hydrogens (primary N) is 1. The average Bonchev–Trinajstić information content (AvgIpc) is 3.08. The van der Waals surface area contributed by atoms with Gasteiger partial charge in [0.2, 0.25) is 12.7 Å². The molecule has 2 rings (SSSR count). The Hall–Kier alpha value is -1.79. The van der Waals surface area contributed by atoms with Crippen molar-refractivity contribution in [3.8, 4) is 11.5 Å². The summed E-state index contributed by atoms with van der Waals surface area (Å²) in [6.07, 6.45) is 0.802. The zero-order valence-electron chi connectivity index (χ0n) is 17.5. The zero-order valence-corrected chi connectivity index (χ0v) is 17.5. The van der Waals surface area contributed by atoms with Gasteiger partial charge in [-0.2, -0.15) is 0 Å². The molecule has 1 aliphatic heterocycles. The molecule has 1 aromatic rings. The number of fused-ring (bicyclic) bond motifs is 1. The van der Waals surface area contributed by atoms with Crippen molar-refractivity contribution in [2.75, 3.05) is 13.3 Å². The Morgan fingerprint density at radius 3 is 2.41 bits per heavy atom. The van der Waals surface area contributed by atoms with Crippen LogP contribution >= 0.6 is 0 Å². The Bertz CT molecular complexity index is 633. The summed E-state index contributed by atoms with van der Waals surface area (Å²) in [5, 5.41) is 3.17. The summed E-state index contributed by atoms with van der Waals surface area (Å²) >= 11 is 0. The van der Waals surface area contributed by atoms with E-state index in [0.29, 0.717) is 0 Å². The predicted molar refractivity (Wildman–Crippen MR) is 108 cm³/mol. The maximum absolute atomic E-state index is 12.5. The van der Waals surface area contributed by atoms with Gasteiger partial charge in [0.05, 0.1) is 12.2 Å². The Morgan fingerprint density at radius 2 is 1.81 bits per heavy atom. The lowest BCUT2D eigenvalue weighted by Crippen LogP contribution is -2.58. The van der Waals surface area contributed by atoms with Crippen LogP contribution in [0, 0.1) is 11.8 Å². The van der Waals surface area contributed by atoms with Gasteiger partial charge in [0.25, 0.3) is 0 Å². The summed E-state index contributed by atoms with van der Waals surface area (Å²) in [5.41, 5.74) is 7.24. The van der Waals surface area contributed by atoms with E-state index in [2.05, 4.69) is 44.0 Å². The summed E-state index contributed by atoms with van der Waals surface area (Å²) in [4.78, 5) is 14.9. The Labute approximate surface area is 163 Å². The fraction of sp³-hybridized carbons (Fsp3) is 0.667. The van der Waals surface area contributed by atoms with Crippen LogP contribution in [0.1, 0.15) is 47.1 Å². The molecular weight excluding hydrogens is 342 g/mol. The number of ether oxygens (including phenoxy) is 2. The topological polar surface area (TPSA) is 76.8 Å². The van der Waals surface area contributed by atoms with Crippen molar-refractivity contribution in [2.45, 2.75) is 66.2 Å². The molecule has 27 heavy (non-hydrogen) atoms. The zero-order chi connectivity index (χ0) is 20.1. The second-order valence-electron chi connectivity index (χ2n) is 8.04. The molecule has 0 fully saturated rings. The largest absolute Gasteiger partial charge is 0.454 e. The maximum Gasteiger partial charge on any atom is 0.238 e. The van der Waals surface area contributed by atoms with Crippen molar-refractivity contribution >= 4 is 5.91 Å². The molecule has 3 N–H and O–H groups in total. The van der Waals surface area contributed by atoms with Crippen LogP contribution in [0.3, 0.4) is 0 Å². The first-order chi connectivity index (χ1) is 12.7. The fourth-order valence-corrected chi connectivity index (χ4v) is 3.49. The predicted octanol–water partition coefficient (Wildman–Crippen LogP) is 2.75. The highest BCUT2D eigenvalue weighted by atomic mass is 16.7. The van der Waals surface area contributed by atoms with E-state index in [9.17, 15) is 4.79 Å². The van der Waals surface area contributed by atoms with Gasteiger partial charge in [-0.05, 0) is 49.4 Å². The molecule has 3 atom stereocenters. The Balaban J connectivity index is 2.09. The van der Waals surface area contributed by atoms with E-state index in [1.54, 1.807) is 0 Å². The second kappa shape index (κ2) is 9.42. The molecule has 2 unspecified atom stereocenters. The lowest BCUT2D eigenvalue weighted by molar-refractivity contribution is -0.126. The smallest absolute Gasteiger partial charge is 0.238 e. The number of rotatable bonds is 9. The van der Waals surface area contributed by atoms with E-state index < -0.39 is 6.04 Å². The van der Waals surface area contributed by atoms with Gasteiger partial charge in [0.1, 0.15) is 0 Å². The molecule has 0 saturated heterocycles. The van der Waals surface area contributed by atoms with E-state index in [1.807, 2.05) is 26.0 Å². The van der Waals surface area contributed by atoms with E-state index >= 15 is 0 Å². The molecule has 6 nitrogen and oxygen atoms in total. The van der Waals surface area contributed by atoms with Crippen LogP contribution in [-0.2, 0) is 11.2 Å². The van der Waals surface area contributed by atoms with Crippen LogP contribution in [0.2, 0.25) is 0 Å². The Morgan fingerprint density at radius 1 is 1.15 bits per heavy atom.